The maximum absolute atomic E-state index is 13.4. The summed E-state index contributed by atoms with van der Waals surface area (Å²) in [5.74, 6) is 0.315. The number of benzene rings is 1. The van der Waals surface area contributed by atoms with Crippen molar-refractivity contribution in [2.45, 2.75) is 26.3 Å². The summed E-state index contributed by atoms with van der Waals surface area (Å²) in [7, 11) is 0. The molecule has 3 nitrogen and oxygen atoms in total. The number of nitrogens with zero attached hydrogens (tertiary/aromatic N) is 1. The Morgan fingerprint density at radius 1 is 1.29 bits per heavy atom. The van der Waals surface area contributed by atoms with Gasteiger partial charge < -0.3 is 10.1 Å². The highest BCUT2D eigenvalue weighted by Crippen LogP contribution is 2.26. The lowest BCUT2D eigenvalue weighted by Gasteiger charge is -2.17. The third-order valence-corrected chi connectivity index (χ3v) is 3.29. The third kappa shape index (κ3) is 4.53. The molecule has 21 heavy (non-hydrogen) atoms. The minimum Gasteiger partial charge on any atom is -0.493 e. The molecule has 0 amide bonds. The summed E-state index contributed by atoms with van der Waals surface area (Å²) in [5.41, 5.74) is 1.94. The van der Waals surface area contributed by atoms with E-state index in [9.17, 15) is 4.39 Å². The smallest absolute Gasteiger partial charge is 0.126 e. The summed E-state index contributed by atoms with van der Waals surface area (Å²) < 4.78 is 19.2. The van der Waals surface area contributed by atoms with Gasteiger partial charge in [0.05, 0.1) is 6.61 Å². The van der Waals surface area contributed by atoms with Gasteiger partial charge in [-0.25, -0.2) is 4.39 Å². The zero-order valence-corrected chi connectivity index (χ0v) is 12.5. The number of aromatic nitrogens is 1. The first-order valence-electron chi connectivity index (χ1n) is 7.26. The van der Waals surface area contributed by atoms with Crippen LogP contribution in [-0.2, 0) is 6.42 Å². The molecule has 1 heterocycles. The molecule has 1 aromatic heterocycles. The highest BCUT2D eigenvalue weighted by Gasteiger charge is 2.12. The zero-order valence-electron chi connectivity index (χ0n) is 12.5. The molecular formula is C17H21FN2O. The quantitative estimate of drug-likeness (QED) is 0.846. The van der Waals surface area contributed by atoms with E-state index in [1.54, 1.807) is 12.3 Å². The van der Waals surface area contributed by atoms with E-state index in [-0.39, 0.29) is 11.9 Å². The number of hydrogen-bond acceptors (Lipinski definition) is 3. The van der Waals surface area contributed by atoms with Crippen LogP contribution in [0.1, 0.15) is 31.1 Å². The van der Waals surface area contributed by atoms with Crippen LogP contribution in [0.3, 0.4) is 0 Å². The van der Waals surface area contributed by atoms with Crippen molar-refractivity contribution in [3.05, 3.63) is 59.7 Å². The number of nitrogens with one attached hydrogen (secondary N) is 1. The molecule has 0 spiro atoms. The minimum atomic E-state index is -0.282. The molecule has 0 aliphatic rings. The predicted octanol–water partition coefficient (Wildman–Crippen LogP) is 3.51. The molecule has 0 fully saturated rings. The molecule has 0 aliphatic heterocycles. The lowest BCUT2D eigenvalue weighted by atomic mass is 10.1. The summed E-state index contributed by atoms with van der Waals surface area (Å²) in [6, 6.07) is 10.6. The summed E-state index contributed by atoms with van der Waals surface area (Å²) in [4.78, 5) is 4.25. The molecule has 1 aromatic carbocycles. The molecular weight excluding hydrogens is 267 g/mol. The van der Waals surface area contributed by atoms with Gasteiger partial charge in [-0.1, -0.05) is 19.1 Å². The fourth-order valence-corrected chi connectivity index (χ4v) is 2.22. The zero-order chi connectivity index (χ0) is 15.1. The van der Waals surface area contributed by atoms with Gasteiger partial charge in [0.2, 0.25) is 0 Å². The van der Waals surface area contributed by atoms with Crippen molar-refractivity contribution in [1.29, 1.82) is 0 Å². The highest BCUT2D eigenvalue weighted by molar-refractivity contribution is 5.36. The van der Waals surface area contributed by atoms with Crippen LogP contribution in [0.25, 0.3) is 0 Å². The summed E-state index contributed by atoms with van der Waals surface area (Å²) >= 11 is 0. The van der Waals surface area contributed by atoms with Crippen molar-refractivity contribution >= 4 is 0 Å². The van der Waals surface area contributed by atoms with E-state index in [0.29, 0.717) is 18.8 Å². The van der Waals surface area contributed by atoms with E-state index in [4.69, 9.17) is 4.74 Å². The fraction of sp³-hybridized carbons (Fsp3) is 0.353. The minimum absolute atomic E-state index is 0.125. The Bertz CT molecular complexity index is 560. The van der Waals surface area contributed by atoms with Crippen LogP contribution in [0.15, 0.2) is 42.6 Å². The molecule has 0 saturated carbocycles. The van der Waals surface area contributed by atoms with Crippen molar-refractivity contribution in [3.8, 4) is 5.75 Å². The van der Waals surface area contributed by atoms with Crippen LogP contribution in [0.4, 0.5) is 4.39 Å². The van der Waals surface area contributed by atoms with Gasteiger partial charge in [-0.3, -0.25) is 4.98 Å². The van der Waals surface area contributed by atoms with Gasteiger partial charge in [0.15, 0.2) is 0 Å². The fourth-order valence-electron chi connectivity index (χ4n) is 2.22. The van der Waals surface area contributed by atoms with Gasteiger partial charge in [-0.05, 0) is 31.7 Å². The van der Waals surface area contributed by atoms with E-state index >= 15 is 0 Å². The van der Waals surface area contributed by atoms with Crippen LogP contribution in [-0.4, -0.2) is 18.1 Å². The van der Waals surface area contributed by atoms with Crippen molar-refractivity contribution in [2.75, 3.05) is 13.2 Å². The molecule has 2 rings (SSSR count). The van der Waals surface area contributed by atoms with Gasteiger partial charge in [0.25, 0.3) is 0 Å². The molecule has 1 N–H and O–H groups in total. The van der Waals surface area contributed by atoms with Gasteiger partial charge >= 0.3 is 0 Å². The molecule has 112 valence electrons. The summed E-state index contributed by atoms with van der Waals surface area (Å²) in [6.45, 7) is 5.42. The average molecular weight is 288 g/mol. The second kappa shape index (κ2) is 7.74. The van der Waals surface area contributed by atoms with E-state index in [2.05, 4.69) is 10.3 Å². The Morgan fingerprint density at radius 2 is 2.14 bits per heavy atom. The molecule has 1 atom stereocenters. The Kier molecular flexibility index (Phi) is 5.69. The molecule has 1 unspecified atom stereocenters. The van der Waals surface area contributed by atoms with Gasteiger partial charge in [0, 0.05) is 36.0 Å². The second-order valence-corrected chi connectivity index (χ2v) is 4.88. The first-order valence-corrected chi connectivity index (χ1v) is 7.26. The lowest BCUT2D eigenvalue weighted by molar-refractivity contribution is 0.312. The predicted molar refractivity (Wildman–Crippen MR) is 81.9 cm³/mol. The van der Waals surface area contributed by atoms with Crippen LogP contribution < -0.4 is 10.1 Å². The van der Waals surface area contributed by atoms with E-state index < -0.39 is 0 Å². The number of ether oxygens (including phenoxy) is 1. The van der Waals surface area contributed by atoms with Gasteiger partial charge in [-0.2, -0.15) is 0 Å². The first-order chi connectivity index (χ1) is 10.2. The number of rotatable bonds is 7. The van der Waals surface area contributed by atoms with E-state index in [1.165, 1.54) is 12.1 Å². The Hall–Kier alpha value is -1.94. The Labute approximate surface area is 125 Å². The summed E-state index contributed by atoms with van der Waals surface area (Å²) in [6.07, 6.45) is 2.46. The van der Waals surface area contributed by atoms with Crippen LogP contribution in [0, 0.1) is 5.82 Å². The molecule has 0 aliphatic carbocycles. The van der Waals surface area contributed by atoms with Crippen molar-refractivity contribution < 1.29 is 9.13 Å². The van der Waals surface area contributed by atoms with Crippen molar-refractivity contribution in [3.63, 3.8) is 0 Å². The molecule has 2 aromatic rings. The molecule has 0 saturated heterocycles. The molecule has 0 radical (unpaired) electrons. The number of hydrogen-bond donors (Lipinski definition) is 1. The van der Waals surface area contributed by atoms with Crippen LogP contribution >= 0.6 is 0 Å². The lowest BCUT2D eigenvalue weighted by Crippen LogP contribution is -2.19. The monoisotopic (exact) mass is 288 g/mol. The number of pyridine rings is 1. The standard InChI is InChI=1S/C17H21FN2O/c1-3-19-13(2)16-8-7-14(18)12-17(16)21-11-9-15-6-4-5-10-20-15/h4-8,10,12-13,19H,3,9,11H2,1-2H3. The third-order valence-electron chi connectivity index (χ3n) is 3.29. The normalized spacial score (nSPS) is 12.1. The second-order valence-electron chi connectivity index (χ2n) is 4.88. The van der Waals surface area contributed by atoms with E-state index in [0.717, 1.165) is 17.8 Å². The first kappa shape index (κ1) is 15.4. The number of halogens is 1. The topological polar surface area (TPSA) is 34.1 Å². The van der Waals surface area contributed by atoms with E-state index in [1.807, 2.05) is 32.0 Å². The van der Waals surface area contributed by atoms with Crippen LogP contribution in [0.2, 0.25) is 0 Å². The SMILES string of the molecule is CCNC(C)c1ccc(F)cc1OCCc1ccccn1. The summed E-state index contributed by atoms with van der Waals surface area (Å²) in [5, 5.41) is 3.31. The van der Waals surface area contributed by atoms with Crippen molar-refractivity contribution in [2.24, 2.45) is 0 Å². The highest BCUT2D eigenvalue weighted by atomic mass is 19.1. The van der Waals surface area contributed by atoms with Gasteiger partial charge in [-0.15, -0.1) is 0 Å². The maximum Gasteiger partial charge on any atom is 0.126 e. The Balaban J connectivity index is 2.02. The molecule has 4 heteroatoms. The largest absolute Gasteiger partial charge is 0.493 e. The van der Waals surface area contributed by atoms with Crippen molar-refractivity contribution in [1.82, 2.24) is 10.3 Å². The van der Waals surface area contributed by atoms with Gasteiger partial charge in [0.1, 0.15) is 11.6 Å². The molecule has 0 bridgehead atoms. The Morgan fingerprint density at radius 3 is 2.86 bits per heavy atom. The maximum atomic E-state index is 13.4. The van der Waals surface area contributed by atoms with Crippen LogP contribution in [0.5, 0.6) is 5.75 Å². The average Bonchev–Trinajstić information content (AvgIpc) is 2.49.